The Bertz CT molecular complexity index is 945. The Balaban J connectivity index is 1.81. The number of aromatic nitrogens is 1. The van der Waals surface area contributed by atoms with E-state index in [1.54, 1.807) is 25.1 Å². The highest BCUT2D eigenvalue weighted by molar-refractivity contribution is 7.89. The van der Waals surface area contributed by atoms with Crippen molar-refractivity contribution < 1.29 is 27.2 Å². The van der Waals surface area contributed by atoms with Crippen LogP contribution in [0.4, 0.5) is 0 Å². The first-order valence-electron chi connectivity index (χ1n) is 9.15. The summed E-state index contributed by atoms with van der Waals surface area (Å²) in [5.74, 6) is 0.253. The van der Waals surface area contributed by atoms with Gasteiger partial charge in [0, 0.05) is 24.7 Å². The Morgan fingerprint density at radius 2 is 2.00 bits per heavy atom. The maximum absolute atomic E-state index is 13.1. The molecule has 0 bridgehead atoms. The van der Waals surface area contributed by atoms with Crippen LogP contribution in [0.5, 0.6) is 5.75 Å². The summed E-state index contributed by atoms with van der Waals surface area (Å²) in [6, 6.07) is 6.57. The number of hydrogen-bond donors (Lipinski definition) is 0. The lowest BCUT2D eigenvalue weighted by molar-refractivity contribution is -0.149. The van der Waals surface area contributed by atoms with E-state index >= 15 is 0 Å². The van der Waals surface area contributed by atoms with E-state index in [4.69, 9.17) is 14.0 Å². The number of benzene rings is 1. The van der Waals surface area contributed by atoms with E-state index in [0.717, 1.165) is 5.69 Å². The highest BCUT2D eigenvalue weighted by Gasteiger charge is 2.34. The van der Waals surface area contributed by atoms with Gasteiger partial charge in [-0.15, -0.1) is 0 Å². The fraction of sp³-hybridized carbons (Fsp3) is 0.474. The lowest BCUT2D eigenvalue weighted by Gasteiger charge is -2.30. The number of sulfonamides is 1. The molecule has 9 heteroatoms. The summed E-state index contributed by atoms with van der Waals surface area (Å²) in [7, 11) is -2.32. The summed E-state index contributed by atoms with van der Waals surface area (Å²) in [4.78, 5) is 12.0. The molecule has 1 aliphatic heterocycles. The Morgan fingerprint density at radius 1 is 1.29 bits per heavy atom. The highest BCUT2D eigenvalue weighted by Crippen LogP contribution is 2.33. The number of nitrogens with zero attached hydrogens (tertiary/aromatic N) is 2. The minimum absolute atomic E-state index is 0.0876. The molecule has 1 aromatic carbocycles. The van der Waals surface area contributed by atoms with Gasteiger partial charge in [0.05, 0.1) is 25.3 Å². The summed E-state index contributed by atoms with van der Waals surface area (Å²) < 4.78 is 43.2. The van der Waals surface area contributed by atoms with Gasteiger partial charge < -0.3 is 14.0 Å². The molecule has 1 saturated heterocycles. The molecule has 3 rings (SSSR count). The molecular formula is C19H24N2O6S. The number of hydrogen-bond acceptors (Lipinski definition) is 7. The molecule has 8 nitrogen and oxygen atoms in total. The summed E-state index contributed by atoms with van der Waals surface area (Å²) in [6.07, 6.45) is 0.881. The SMILES string of the molecule is CCOC(=O)C1CCN(S(=O)(=O)c2ccc(-c3cc(C)no3)cc2OC)CC1. The van der Waals surface area contributed by atoms with Crippen molar-refractivity contribution in [2.75, 3.05) is 26.8 Å². The van der Waals surface area contributed by atoms with Gasteiger partial charge in [0.2, 0.25) is 10.0 Å². The van der Waals surface area contributed by atoms with Crippen LogP contribution in [0.15, 0.2) is 33.7 Å². The van der Waals surface area contributed by atoms with Crippen molar-refractivity contribution in [1.29, 1.82) is 0 Å². The molecule has 1 fully saturated rings. The second-order valence-corrected chi connectivity index (χ2v) is 8.53. The van der Waals surface area contributed by atoms with E-state index in [9.17, 15) is 13.2 Å². The van der Waals surface area contributed by atoms with E-state index in [2.05, 4.69) is 5.16 Å². The number of methoxy groups -OCH3 is 1. The molecule has 1 aromatic heterocycles. The number of aryl methyl sites for hydroxylation is 1. The average molecular weight is 408 g/mol. The number of rotatable bonds is 6. The van der Waals surface area contributed by atoms with E-state index in [1.165, 1.54) is 17.5 Å². The first kappa shape index (κ1) is 20.3. The van der Waals surface area contributed by atoms with Gasteiger partial charge in [-0.3, -0.25) is 4.79 Å². The monoisotopic (exact) mass is 408 g/mol. The molecule has 0 saturated carbocycles. The Morgan fingerprint density at radius 3 is 2.57 bits per heavy atom. The van der Waals surface area contributed by atoms with Gasteiger partial charge in [-0.25, -0.2) is 8.42 Å². The van der Waals surface area contributed by atoms with Gasteiger partial charge in [-0.2, -0.15) is 4.31 Å². The van der Waals surface area contributed by atoms with Gasteiger partial charge in [-0.1, -0.05) is 5.16 Å². The van der Waals surface area contributed by atoms with E-state index in [0.29, 0.717) is 30.8 Å². The number of ether oxygens (including phenoxy) is 2. The van der Waals surface area contributed by atoms with E-state index in [-0.39, 0.29) is 35.6 Å². The first-order chi connectivity index (χ1) is 13.4. The molecule has 0 N–H and O–H groups in total. The highest BCUT2D eigenvalue weighted by atomic mass is 32.2. The summed E-state index contributed by atoms with van der Waals surface area (Å²) in [5, 5.41) is 3.85. The summed E-state index contributed by atoms with van der Waals surface area (Å²) in [5.41, 5.74) is 1.41. The van der Waals surface area contributed by atoms with Crippen LogP contribution in [0.2, 0.25) is 0 Å². The number of piperidine rings is 1. The third-order valence-corrected chi connectivity index (χ3v) is 6.71. The quantitative estimate of drug-likeness (QED) is 0.678. The van der Waals surface area contributed by atoms with Gasteiger partial charge in [0.1, 0.15) is 10.6 Å². The van der Waals surface area contributed by atoms with Gasteiger partial charge in [0.15, 0.2) is 5.76 Å². The maximum Gasteiger partial charge on any atom is 0.309 e. The van der Waals surface area contributed by atoms with Crippen molar-refractivity contribution in [1.82, 2.24) is 9.46 Å². The van der Waals surface area contributed by atoms with E-state index < -0.39 is 10.0 Å². The normalized spacial score (nSPS) is 16.1. The van der Waals surface area contributed by atoms with Crippen molar-refractivity contribution in [2.24, 2.45) is 5.92 Å². The molecule has 0 atom stereocenters. The molecule has 0 spiro atoms. The first-order valence-corrected chi connectivity index (χ1v) is 10.6. The predicted molar refractivity (Wildman–Crippen MR) is 101 cm³/mol. The minimum atomic E-state index is -3.75. The van der Waals surface area contributed by atoms with Crippen molar-refractivity contribution in [3.05, 3.63) is 30.0 Å². The number of carbonyl (C=O) groups is 1. The molecule has 0 radical (unpaired) electrons. The zero-order valence-electron chi connectivity index (χ0n) is 16.2. The maximum atomic E-state index is 13.1. The van der Waals surface area contributed by atoms with Crippen molar-refractivity contribution in [3.8, 4) is 17.1 Å². The van der Waals surface area contributed by atoms with Crippen LogP contribution in [0.1, 0.15) is 25.5 Å². The van der Waals surface area contributed by atoms with Crippen molar-refractivity contribution in [2.45, 2.75) is 31.6 Å². The molecule has 28 heavy (non-hydrogen) atoms. The molecule has 0 aliphatic carbocycles. The van der Waals surface area contributed by atoms with Crippen LogP contribution in [-0.2, 0) is 19.6 Å². The molecule has 0 amide bonds. The van der Waals surface area contributed by atoms with Gasteiger partial charge in [-0.05, 0) is 44.9 Å². The van der Waals surface area contributed by atoms with Crippen LogP contribution in [0, 0.1) is 12.8 Å². The third kappa shape index (κ3) is 4.05. The van der Waals surface area contributed by atoms with Crippen LogP contribution >= 0.6 is 0 Å². The minimum Gasteiger partial charge on any atom is -0.495 e. The topological polar surface area (TPSA) is 98.9 Å². The van der Waals surface area contributed by atoms with Crippen LogP contribution in [-0.4, -0.2) is 50.7 Å². The fourth-order valence-corrected chi connectivity index (χ4v) is 4.87. The van der Waals surface area contributed by atoms with Crippen LogP contribution < -0.4 is 4.74 Å². The lowest BCUT2D eigenvalue weighted by Crippen LogP contribution is -2.40. The molecule has 1 aliphatic rings. The van der Waals surface area contributed by atoms with Crippen LogP contribution in [0.25, 0.3) is 11.3 Å². The van der Waals surface area contributed by atoms with Gasteiger partial charge in [0.25, 0.3) is 0 Å². The number of esters is 1. The molecule has 152 valence electrons. The molecule has 2 aromatic rings. The predicted octanol–water partition coefficient (Wildman–Crippen LogP) is 2.62. The zero-order valence-corrected chi connectivity index (χ0v) is 17.0. The van der Waals surface area contributed by atoms with E-state index in [1.807, 2.05) is 6.92 Å². The average Bonchev–Trinajstić information content (AvgIpc) is 3.14. The lowest BCUT2D eigenvalue weighted by atomic mass is 9.98. The third-order valence-electron chi connectivity index (χ3n) is 4.77. The second-order valence-electron chi connectivity index (χ2n) is 6.63. The fourth-order valence-electron chi connectivity index (χ4n) is 3.26. The zero-order chi connectivity index (χ0) is 20.3. The van der Waals surface area contributed by atoms with Crippen molar-refractivity contribution >= 4 is 16.0 Å². The molecule has 2 heterocycles. The van der Waals surface area contributed by atoms with Crippen LogP contribution in [0.3, 0.4) is 0 Å². The van der Waals surface area contributed by atoms with Gasteiger partial charge >= 0.3 is 5.97 Å². The number of carbonyl (C=O) groups excluding carboxylic acids is 1. The smallest absolute Gasteiger partial charge is 0.309 e. The Labute approximate surface area is 164 Å². The Hall–Kier alpha value is -2.39. The van der Waals surface area contributed by atoms with Crippen molar-refractivity contribution in [3.63, 3.8) is 0 Å². The Kier molecular flexibility index (Phi) is 6.04. The largest absolute Gasteiger partial charge is 0.495 e. The molecule has 0 unspecified atom stereocenters. The summed E-state index contributed by atoms with van der Waals surface area (Å²) >= 11 is 0. The summed E-state index contributed by atoms with van der Waals surface area (Å²) in [6.45, 7) is 4.41. The second kappa shape index (κ2) is 8.32. The molecular weight excluding hydrogens is 384 g/mol. The standard InChI is InChI=1S/C19H24N2O6S/c1-4-26-19(22)14-7-9-21(10-8-14)28(23,24)18-6-5-15(12-17(18)25-3)16-11-13(2)20-27-16/h5-6,11-12,14H,4,7-10H2,1-3H3.